The van der Waals surface area contributed by atoms with Crippen molar-refractivity contribution in [2.24, 2.45) is 0 Å². The Balaban J connectivity index is 1.73. The quantitative estimate of drug-likeness (QED) is 0.678. The van der Waals surface area contributed by atoms with E-state index < -0.39 is 0 Å². The van der Waals surface area contributed by atoms with Crippen LogP contribution >= 0.6 is 0 Å². The Morgan fingerprint density at radius 1 is 1.10 bits per heavy atom. The van der Waals surface area contributed by atoms with Gasteiger partial charge in [0.2, 0.25) is 5.91 Å². The van der Waals surface area contributed by atoms with Gasteiger partial charge in [-0.2, -0.15) is 0 Å². The number of rotatable bonds is 2. The molecule has 1 aliphatic rings. The van der Waals surface area contributed by atoms with Crippen LogP contribution in [0.15, 0.2) is 54.6 Å². The van der Waals surface area contributed by atoms with Gasteiger partial charge < -0.3 is 10.6 Å². The standard InChI is InChI=1S/C18H18N2O/c19-17-8-4-7-15-11-12-20(13-16(15)17)18(21)10-9-14-5-2-1-3-6-14/h1-10H,11-13,19H2/b10-9+. The van der Waals surface area contributed by atoms with Crippen LogP contribution in [0.5, 0.6) is 0 Å². The predicted molar refractivity (Wildman–Crippen MR) is 85.5 cm³/mol. The Bertz CT molecular complexity index is 677. The summed E-state index contributed by atoms with van der Waals surface area (Å²) in [6, 6.07) is 15.8. The van der Waals surface area contributed by atoms with Crippen molar-refractivity contribution in [2.45, 2.75) is 13.0 Å². The van der Waals surface area contributed by atoms with Gasteiger partial charge in [-0.1, -0.05) is 42.5 Å². The van der Waals surface area contributed by atoms with E-state index in [0.29, 0.717) is 6.54 Å². The molecule has 1 aliphatic heterocycles. The van der Waals surface area contributed by atoms with Gasteiger partial charge >= 0.3 is 0 Å². The molecule has 0 fully saturated rings. The first-order valence-electron chi connectivity index (χ1n) is 7.12. The molecule has 0 unspecified atom stereocenters. The maximum atomic E-state index is 12.3. The molecule has 0 atom stereocenters. The molecule has 0 aromatic heterocycles. The topological polar surface area (TPSA) is 46.3 Å². The molecule has 0 spiro atoms. The molecular formula is C18H18N2O. The fourth-order valence-corrected chi connectivity index (χ4v) is 2.63. The lowest BCUT2D eigenvalue weighted by molar-refractivity contribution is -0.126. The summed E-state index contributed by atoms with van der Waals surface area (Å²) in [6.07, 6.45) is 4.36. The summed E-state index contributed by atoms with van der Waals surface area (Å²) in [5.74, 6) is 0.0350. The first-order valence-corrected chi connectivity index (χ1v) is 7.12. The number of carbonyl (C=O) groups is 1. The number of fused-ring (bicyclic) bond motifs is 1. The molecule has 0 saturated heterocycles. The van der Waals surface area contributed by atoms with E-state index in [9.17, 15) is 4.79 Å². The molecule has 3 heteroatoms. The van der Waals surface area contributed by atoms with Gasteiger partial charge in [-0.25, -0.2) is 0 Å². The van der Waals surface area contributed by atoms with E-state index in [2.05, 4.69) is 6.07 Å². The fraction of sp³-hybridized carbons (Fsp3) is 0.167. The Kier molecular flexibility index (Phi) is 3.73. The molecule has 2 aromatic carbocycles. The monoisotopic (exact) mass is 278 g/mol. The molecule has 0 saturated carbocycles. The van der Waals surface area contributed by atoms with Gasteiger partial charge in [0, 0.05) is 24.9 Å². The molecule has 3 rings (SSSR count). The molecule has 0 bridgehead atoms. The van der Waals surface area contributed by atoms with Crippen molar-refractivity contribution in [2.75, 3.05) is 12.3 Å². The lowest BCUT2D eigenvalue weighted by atomic mass is 9.98. The van der Waals surface area contributed by atoms with Crippen LogP contribution in [-0.2, 0) is 17.8 Å². The van der Waals surface area contributed by atoms with Crippen LogP contribution in [0.4, 0.5) is 5.69 Å². The maximum Gasteiger partial charge on any atom is 0.246 e. The largest absolute Gasteiger partial charge is 0.398 e. The van der Waals surface area contributed by atoms with Gasteiger partial charge in [-0.15, -0.1) is 0 Å². The number of benzene rings is 2. The highest BCUT2D eigenvalue weighted by molar-refractivity contribution is 5.92. The van der Waals surface area contributed by atoms with Crippen LogP contribution in [0.1, 0.15) is 16.7 Å². The molecule has 2 aromatic rings. The van der Waals surface area contributed by atoms with Crippen LogP contribution in [0.3, 0.4) is 0 Å². The van der Waals surface area contributed by atoms with Crippen molar-refractivity contribution >= 4 is 17.7 Å². The van der Waals surface area contributed by atoms with Crippen LogP contribution < -0.4 is 5.73 Å². The van der Waals surface area contributed by atoms with Gasteiger partial charge in [0.25, 0.3) is 0 Å². The number of nitrogens with zero attached hydrogens (tertiary/aromatic N) is 1. The third-order valence-corrected chi connectivity index (χ3v) is 3.84. The number of amides is 1. The number of hydrogen-bond acceptors (Lipinski definition) is 2. The third kappa shape index (κ3) is 2.97. The number of nitrogens with two attached hydrogens (primary N) is 1. The van der Waals surface area contributed by atoms with Crippen LogP contribution in [0.25, 0.3) is 6.08 Å². The third-order valence-electron chi connectivity index (χ3n) is 3.84. The first kappa shape index (κ1) is 13.4. The summed E-state index contributed by atoms with van der Waals surface area (Å²) < 4.78 is 0. The normalized spacial score (nSPS) is 14.2. The second kappa shape index (κ2) is 5.83. The minimum Gasteiger partial charge on any atom is -0.398 e. The zero-order valence-corrected chi connectivity index (χ0v) is 11.8. The Morgan fingerprint density at radius 2 is 1.90 bits per heavy atom. The van der Waals surface area contributed by atoms with E-state index in [1.54, 1.807) is 6.08 Å². The predicted octanol–water partition coefficient (Wildman–Crippen LogP) is 2.87. The summed E-state index contributed by atoms with van der Waals surface area (Å²) in [5.41, 5.74) is 10.2. The number of anilines is 1. The van der Waals surface area contributed by atoms with E-state index >= 15 is 0 Å². The van der Waals surface area contributed by atoms with E-state index in [-0.39, 0.29) is 5.91 Å². The lowest BCUT2D eigenvalue weighted by Gasteiger charge is -2.28. The average molecular weight is 278 g/mol. The molecule has 0 aliphatic carbocycles. The van der Waals surface area contributed by atoms with Gasteiger partial charge in [0.05, 0.1) is 0 Å². The molecule has 0 radical (unpaired) electrons. The van der Waals surface area contributed by atoms with Crippen molar-refractivity contribution in [3.8, 4) is 0 Å². The maximum absolute atomic E-state index is 12.3. The van der Waals surface area contributed by atoms with Crippen LogP contribution in [-0.4, -0.2) is 17.4 Å². The summed E-state index contributed by atoms with van der Waals surface area (Å²) in [4.78, 5) is 14.1. The second-order valence-corrected chi connectivity index (χ2v) is 5.24. The van der Waals surface area contributed by atoms with Gasteiger partial charge in [0.1, 0.15) is 0 Å². The number of carbonyl (C=O) groups excluding carboxylic acids is 1. The zero-order chi connectivity index (χ0) is 14.7. The molecule has 106 valence electrons. The van der Waals surface area contributed by atoms with Crippen LogP contribution in [0.2, 0.25) is 0 Å². The summed E-state index contributed by atoms with van der Waals surface area (Å²) >= 11 is 0. The zero-order valence-electron chi connectivity index (χ0n) is 11.8. The summed E-state index contributed by atoms with van der Waals surface area (Å²) in [7, 11) is 0. The molecule has 1 amide bonds. The van der Waals surface area contributed by atoms with Gasteiger partial charge in [-0.3, -0.25) is 4.79 Å². The number of nitrogen functional groups attached to an aromatic ring is 1. The van der Waals surface area contributed by atoms with Crippen molar-refractivity contribution < 1.29 is 4.79 Å². The van der Waals surface area contributed by atoms with E-state index in [1.807, 2.05) is 53.4 Å². The fourth-order valence-electron chi connectivity index (χ4n) is 2.63. The summed E-state index contributed by atoms with van der Waals surface area (Å²) in [6.45, 7) is 1.34. The van der Waals surface area contributed by atoms with E-state index in [0.717, 1.165) is 29.8 Å². The van der Waals surface area contributed by atoms with E-state index in [4.69, 9.17) is 5.73 Å². The van der Waals surface area contributed by atoms with Gasteiger partial charge in [-0.05, 0) is 35.3 Å². The van der Waals surface area contributed by atoms with Crippen LogP contribution in [0, 0.1) is 0 Å². The van der Waals surface area contributed by atoms with Crippen molar-refractivity contribution in [1.82, 2.24) is 4.90 Å². The first-order chi connectivity index (χ1) is 10.2. The highest BCUT2D eigenvalue weighted by Gasteiger charge is 2.20. The molecule has 2 N–H and O–H groups in total. The minimum atomic E-state index is 0.0350. The SMILES string of the molecule is Nc1cccc2c1CN(C(=O)/C=C/c1ccccc1)CC2. The summed E-state index contributed by atoms with van der Waals surface area (Å²) in [5, 5.41) is 0. The molecular weight excluding hydrogens is 260 g/mol. The van der Waals surface area contributed by atoms with Crippen molar-refractivity contribution in [1.29, 1.82) is 0 Å². The minimum absolute atomic E-state index is 0.0350. The smallest absolute Gasteiger partial charge is 0.246 e. The van der Waals surface area contributed by atoms with Gasteiger partial charge in [0.15, 0.2) is 0 Å². The average Bonchev–Trinajstić information content (AvgIpc) is 2.54. The Labute approximate surface area is 124 Å². The van der Waals surface area contributed by atoms with E-state index in [1.165, 1.54) is 5.56 Å². The molecule has 3 nitrogen and oxygen atoms in total. The highest BCUT2D eigenvalue weighted by Crippen LogP contribution is 2.24. The second-order valence-electron chi connectivity index (χ2n) is 5.24. The highest BCUT2D eigenvalue weighted by atomic mass is 16.2. The number of hydrogen-bond donors (Lipinski definition) is 1. The Morgan fingerprint density at radius 3 is 2.71 bits per heavy atom. The molecule has 1 heterocycles. The van der Waals surface area contributed by atoms with Crippen molar-refractivity contribution in [3.05, 3.63) is 71.3 Å². The molecule has 21 heavy (non-hydrogen) atoms. The van der Waals surface area contributed by atoms with Crippen molar-refractivity contribution in [3.63, 3.8) is 0 Å². The Hall–Kier alpha value is -2.55. The lowest BCUT2D eigenvalue weighted by Crippen LogP contribution is -2.35.